The first-order valence-corrected chi connectivity index (χ1v) is 6.58. The number of aryl methyl sites for hydroxylation is 1. The maximum Gasteiger partial charge on any atom is 0.228 e. The Hall–Kier alpha value is -1.65. The van der Waals surface area contributed by atoms with Crippen molar-refractivity contribution >= 4 is 34.8 Å². The third-order valence-corrected chi connectivity index (χ3v) is 3.13. The van der Waals surface area contributed by atoms with Gasteiger partial charge in [-0.3, -0.25) is 4.79 Å². The molecule has 2 aromatic rings. The molecular weight excluding hydrogens is 302 g/mol. The van der Waals surface area contributed by atoms with Crippen LogP contribution < -0.4 is 5.32 Å². The van der Waals surface area contributed by atoms with Gasteiger partial charge in [-0.2, -0.15) is 0 Å². The van der Waals surface area contributed by atoms with Crippen molar-refractivity contribution in [1.82, 2.24) is 4.98 Å². The van der Waals surface area contributed by atoms with Crippen LogP contribution in [0.3, 0.4) is 0 Å². The van der Waals surface area contributed by atoms with Crippen LogP contribution in [0.2, 0.25) is 10.3 Å². The highest BCUT2D eigenvalue weighted by atomic mass is 35.5. The molecule has 0 radical (unpaired) electrons. The summed E-state index contributed by atoms with van der Waals surface area (Å²) in [4.78, 5) is 15.8. The predicted octanol–water partition coefficient (Wildman–Crippen LogP) is 4.02. The van der Waals surface area contributed by atoms with Crippen LogP contribution in [0.4, 0.5) is 10.1 Å². The summed E-state index contributed by atoms with van der Waals surface area (Å²) in [5, 5.41) is 3.05. The number of halogens is 3. The summed E-state index contributed by atoms with van der Waals surface area (Å²) in [7, 11) is 0. The summed E-state index contributed by atoms with van der Waals surface area (Å²) in [5.41, 5.74) is 1.71. The number of anilines is 1. The Kier molecular flexibility index (Phi) is 4.57. The van der Waals surface area contributed by atoms with E-state index in [2.05, 4.69) is 10.3 Å². The fourth-order valence-corrected chi connectivity index (χ4v) is 2.34. The zero-order valence-corrected chi connectivity index (χ0v) is 12.1. The molecule has 0 spiro atoms. The number of rotatable bonds is 3. The largest absolute Gasteiger partial charge is 0.323 e. The number of carbonyl (C=O) groups is 1. The maximum atomic E-state index is 13.0. The van der Waals surface area contributed by atoms with Gasteiger partial charge in [0.2, 0.25) is 5.91 Å². The van der Waals surface area contributed by atoms with Crippen molar-refractivity contribution in [1.29, 1.82) is 0 Å². The van der Waals surface area contributed by atoms with Gasteiger partial charge in [0, 0.05) is 0 Å². The molecule has 0 aliphatic rings. The van der Waals surface area contributed by atoms with Crippen molar-refractivity contribution in [3.63, 3.8) is 0 Å². The minimum absolute atomic E-state index is 0.0517. The van der Waals surface area contributed by atoms with Crippen molar-refractivity contribution in [3.8, 4) is 0 Å². The van der Waals surface area contributed by atoms with Gasteiger partial charge in [0.05, 0.1) is 12.1 Å². The van der Waals surface area contributed by atoms with E-state index in [9.17, 15) is 9.18 Å². The first-order valence-electron chi connectivity index (χ1n) is 5.82. The molecule has 0 saturated heterocycles. The molecule has 1 N–H and O–H groups in total. The number of hydrogen-bond acceptors (Lipinski definition) is 2. The summed E-state index contributed by atoms with van der Waals surface area (Å²) < 4.78 is 13.0. The normalized spacial score (nSPS) is 10.4. The molecule has 2 rings (SSSR count). The molecule has 0 aliphatic heterocycles. The van der Waals surface area contributed by atoms with Gasteiger partial charge in [-0.15, -0.1) is 0 Å². The van der Waals surface area contributed by atoms with Crippen LogP contribution >= 0.6 is 23.2 Å². The lowest BCUT2D eigenvalue weighted by atomic mass is 10.1. The Bertz CT molecular complexity index is 638. The fraction of sp³-hybridized carbons (Fsp3) is 0.143. The van der Waals surface area contributed by atoms with Crippen LogP contribution in [-0.4, -0.2) is 10.9 Å². The molecule has 1 aromatic heterocycles. The highest BCUT2D eigenvalue weighted by Gasteiger charge is 2.11. The van der Waals surface area contributed by atoms with Gasteiger partial charge in [-0.1, -0.05) is 35.3 Å². The SMILES string of the molecule is Cc1cc(Cl)nc(Cl)c1NC(=O)Cc1cccc(F)c1. The van der Waals surface area contributed by atoms with Gasteiger partial charge < -0.3 is 5.32 Å². The summed E-state index contributed by atoms with van der Waals surface area (Å²) in [6, 6.07) is 7.47. The molecular formula is C14H11Cl2FN2O. The average Bonchev–Trinajstić information content (AvgIpc) is 2.33. The van der Waals surface area contributed by atoms with Crippen LogP contribution in [0, 0.1) is 12.7 Å². The van der Waals surface area contributed by atoms with Gasteiger partial charge >= 0.3 is 0 Å². The highest BCUT2D eigenvalue weighted by molar-refractivity contribution is 6.34. The Labute approximate surface area is 125 Å². The van der Waals surface area contributed by atoms with Gasteiger partial charge in [0.1, 0.15) is 11.0 Å². The van der Waals surface area contributed by atoms with Crippen LogP contribution in [0.5, 0.6) is 0 Å². The van der Waals surface area contributed by atoms with Crippen molar-refractivity contribution < 1.29 is 9.18 Å². The molecule has 1 heterocycles. The van der Waals surface area contributed by atoms with E-state index < -0.39 is 0 Å². The molecule has 0 bridgehead atoms. The fourth-order valence-electron chi connectivity index (χ4n) is 1.76. The Morgan fingerprint density at radius 2 is 2.10 bits per heavy atom. The molecule has 104 valence electrons. The third kappa shape index (κ3) is 3.68. The molecule has 20 heavy (non-hydrogen) atoms. The minimum Gasteiger partial charge on any atom is -0.323 e. The van der Waals surface area contributed by atoms with Gasteiger partial charge in [-0.25, -0.2) is 9.37 Å². The third-order valence-electron chi connectivity index (χ3n) is 2.66. The van der Waals surface area contributed by atoms with E-state index in [-0.39, 0.29) is 28.5 Å². The van der Waals surface area contributed by atoms with E-state index in [1.165, 1.54) is 12.1 Å². The number of hydrogen-bond donors (Lipinski definition) is 1. The van der Waals surface area contributed by atoms with Crippen molar-refractivity contribution in [3.05, 3.63) is 57.6 Å². The lowest BCUT2D eigenvalue weighted by molar-refractivity contribution is -0.115. The summed E-state index contributed by atoms with van der Waals surface area (Å²) in [6.45, 7) is 1.76. The lowest BCUT2D eigenvalue weighted by Gasteiger charge is -2.10. The number of pyridine rings is 1. The standard InChI is InChI=1S/C14H11Cl2FN2O/c1-8-5-11(15)18-14(16)13(8)19-12(20)7-9-3-2-4-10(17)6-9/h2-6H,7H2,1H3,(H,19,20). The quantitative estimate of drug-likeness (QED) is 0.870. The summed E-state index contributed by atoms with van der Waals surface area (Å²) in [5.74, 6) is -0.678. The number of aromatic nitrogens is 1. The Morgan fingerprint density at radius 1 is 1.35 bits per heavy atom. The predicted molar refractivity (Wildman–Crippen MR) is 77.7 cm³/mol. The monoisotopic (exact) mass is 312 g/mol. The van der Waals surface area contributed by atoms with Crippen LogP contribution in [0.25, 0.3) is 0 Å². The zero-order chi connectivity index (χ0) is 14.7. The second-order valence-corrected chi connectivity index (χ2v) is 5.03. The summed E-state index contributed by atoms with van der Waals surface area (Å²) >= 11 is 11.7. The number of nitrogens with one attached hydrogen (secondary N) is 1. The van der Waals surface area contributed by atoms with Crippen molar-refractivity contribution in [2.24, 2.45) is 0 Å². The first-order chi connectivity index (χ1) is 9.45. The summed E-state index contributed by atoms with van der Waals surface area (Å²) in [6.07, 6.45) is 0.0517. The Balaban J connectivity index is 2.13. The molecule has 1 amide bonds. The topological polar surface area (TPSA) is 42.0 Å². The molecule has 0 aliphatic carbocycles. The number of carbonyl (C=O) groups excluding carboxylic acids is 1. The molecule has 0 atom stereocenters. The van der Waals surface area contributed by atoms with Crippen LogP contribution in [0.1, 0.15) is 11.1 Å². The lowest BCUT2D eigenvalue weighted by Crippen LogP contribution is -2.16. The Morgan fingerprint density at radius 3 is 2.75 bits per heavy atom. The van der Waals surface area contributed by atoms with E-state index in [0.717, 1.165) is 0 Å². The smallest absolute Gasteiger partial charge is 0.228 e. The second kappa shape index (κ2) is 6.20. The van der Waals surface area contributed by atoms with Crippen LogP contribution in [0.15, 0.2) is 30.3 Å². The number of amides is 1. The molecule has 1 aromatic carbocycles. The molecule has 3 nitrogen and oxygen atoms in total. The van der Waals surface area contributed by atoms with E-state index in [0.29, 0.717) is 16.8 Å². The molecule has 6 heteroatoms. The molecule has 0 fully saturated rings. The first kappa shape index (κ1) is 14.8. The average molecular weight is 313 g/mol. The van der Waals surface area contributed by atoms with Gasteiger partial charge in [0.25, 0.3) is 0 Å². The molecule has 0 unspecified atom stereocenters. The van der Waals surface area contributed by atoms with Gasteiger partial charge in [0.15, 0.2) is 5.15 Å². The van der Waals surface area contributed by atoms with E-state index in [1.54, 1.807) is 25.1 Å². The van der Waals surface area contributed by atoms with Crippen LogP contribution in [-0.2, 0) is 11.2 Å². The maximum absolute atomic E-state index is 13.0. The van der Waals surface area contributed by atoms with Crippen molar-refractivity contribution in [2.45, 2.75) is 13.3 Å². The molecule has 0 saturated carbocycles. The minimum atomic E-state index is -0.377. The highest BCUT2D eigenvalue weighted by Crippen LogP contribution is 2.26. The van der Waals surface area contributed by atoms with Crippen molar-refractivity contribution in [2.75, 3.05) is 5.32 Å². The zero-order valence-electron chi connectivity index (χ0n) is 10.6. The number of nitrogens with zero attached hydrogens (tertiary/aromatic N) is 1. The van der Waals surface area contributed by atoms with E-state index >= 15 is 0 Å². The number of benzene rings is 1. The van der Waals surface area contributed by atoms with Gasteiger partial charge in [-0.05, 0) is 36.2 Å². The van der Waals surface area contributed by atoms with E-state index in [1.807, 2.05) is 0 Å². The second-order valence-electron chi connectivity index (χ2n) is 4.28. The van der Waals surface area contributed by atoms with E-state index in [4.69, 9.17) is 23.2 Å².